The van der Waals surface area contributed by atoms with Gasteiger partial charge in [-0.3, -0.25) is 0 Å². The van der Waals surface area contributed by atoms with Gasteiger partial charge in [-0.05, 0) is 57.1 Å². The molecule has 0 amide bonds. The molecule has 0 aromatic heterocycles. The van der Waals surface area contributed by atoms with Crippen molar-refractivity contribution in [3.63, 3.8) is 0 Å². The van der Waals surface area contributed by atoms with E-state index in [0.717, 1.165) is 0 Å². The molecule has 2 atom stereocenters. The minimum absolute atomic E-state index is 0.104. The Kier molecular flexibility index (Phi) is 14.5. The van der Waals surface area contributed by atoms with Gasteiger partial charge in [-0.15, -0.1) is 13.1 Å². The molecule has 6 heteroatoms. The van der Waals surface area contributed by atoms with Gasteiger partial charge in [0.2, 0.25) is 0 Å². The third-order valence-corrected chi connectivity index (χ3v) is 6.23. The van der Waals surface area contributed by atoms with Crippen LogP contribution in [0.25, 0.3) is 5.32 Å². The van der Waals surface area contributed by atoms with Gasteiger partial charge in [-0.25, -0.2) is 0 Å². The van der Waals surface area contributed by atoms with Crippen molar-refractivity contribution in [1.82, 2.24) is 0 Å². The van der Waals surface area contributed by atoms with Gasteiger partial charge in [0.25, 0.3) is 0 Å². The van der Waals surface area contributed by atoms with Crippen LogP contribution in [0.4, 0.5) is 0 Å². The fourth-order valence-corrected chi connectivity index (χ4v) is 4.61. The van der Waals surface area contributed by atoms with Gasteiger partial charge in [-0.2, -0.15) is 0 Å². The predicted molar refractivity (Wildman–Crippen MR) is 148 cm³/mol. The van der Waals surface area contributed by atoms with E-state index in [0.29, 0.717) is 36.8 Å². The second-order valence-corrected chi connectivity index (χ2v) is 12.8. The number of rotatable bonds is 10. The molecule has 0 heterocycles. The third kappa shape index (κ3) is 8.88. The number of halogens is 2. The van der Waals surface area contributed by atoms with E-state index in [1.165, 1.54) is 33.4 Å². The molecule has 194 valence electrons. The Bertz CT molecular complexity index is 747. The monoisotopic (exact) mass is 594 g/mol. The number of benzene rings is 2. The molecular formula is C28H44Cl2N3Ru-. The second kappa shape index (κ2) is 15.6. The van der Waals surface area contributed by atoms with Gasteiger partial charge in [-0.1, -0.05) is 91.8 Å². The standard InChI is InChI=1S/C28H44N3.2ClH.Ru/c1-17(2)21-11-9-12-22(18(3)4)27(21)25(29)15-31-16-26(30)28-23(19(5)6)13-10-14-24(28)20(7)8;;;/h9-14,17-20,25-26H,15-16,29-30H2,1-8H3;2*1H;/q-1;;;+2/p-2. The maximum absolute atomic E-state index is 6.72. The van der Waals surface area contributed by atoms with Crippen molar-refractivity contribution in [2.75, 3.05) is 13.1 Å². The molecule has 0 saturated heterocycles. The summed E-state index contributed by atoms with van der Waals surface area (Å²) >= 11 is -0.346. The van der Waals surface area contributed by atoms with Crippen LogP contribution in [0.5, 0.6) is 0 Å². The molecule has 0 aliphatic rings. The molecule has 2 aromatic rings. The van der Waals surface area contributed by atoms with Gasteiger partial charge >= 0.3 is 34.5 Å². The average Bonchev–Trinajstić information content (AvgIpc) is 2.78. The summed E-state index contributed by atoms with van der Waals surface area (Å²) in [5, 5.41) is 4.88. The van der Waals surface area contributed by atoms with Gasteiger partial charge in [0.1, 0.15) is 0 Å². The minimum atomic E-state index is -0.346. The van der Waals surface area contributed by atoms with Crippen molar-refractivity contribution in [2.45, 2.75) is 91.1 Å². The average molecular weight is 595 g/mol. The van der Waals surface area contributed by atoms with Crippen LogP contribution >= 0.6 is 19.4 Å². The van der Waals surface area contributed by atoms with E-state index in [9.17, 15) is 0 Å². The third-order valence-electron chi connectivity index (χ3n) is 6.23. The first-order chi connectivity index (χ1) is 16.0. The first kappa shape index (κ1) is 31.6. The summed E-state index contributed by atoms with van der Waals surface area (Å²) in [6.07, 6.45) is 0. The number of hydrogen-bond acceptors (Lipinski definition) is 2. The molecule has 2 unspecified atom stereocenters. The van der Waals surface area contributed by atoms with Crippen LogP contribution in [0.15, 0.2) is 36.4 Å². The molecule has 2 rings (SSSR count). The Balaban J connectivity index is 0.00000182. The van der Waals surface area contributed by atoms with Crippen LogP contribution in [-0.4, -0.2) is 13.1 Å². The van der Waals surface area contributed by atoms with Gasteiger partial charge in [0.15, 0.2) is 0 Å². The normalized spacial score (nSPS) is 13.5. The van der Waals surface area contributed by atoms with E-state index in [2.05, 4.69) is 91.8 Å². The molecule has 0 spiro atoms. The summed E-state index contributed by atoms with van der Waals surface area (Å²) in [5.41, 5.74) is 21.3. The van der Waals surface area contributed by atoms with E-state index >= 15 is 0 Å². The van der Waals surface area contributed by atoms with Crippen LogP contribution in [0.2, 0.25) is 0 Å². The van der Waals surface area contributed by atoms with Crippen molar-refractivity contribution in [2.24, 2.45) is 11.5 Å². The van der Waals surface area contributed by atoms with E-state index < -0.39 is 0 Å². The van der Waals surface area contributed by atoms with Crippen LogP contribution in [0, 0.1) is 0 Å². The Morgan fingerprint density at radius 1 is 0.618 bits per heavy atom. The topological polar surface area (TPSA) is 66.1 Å². The van der Waals surface area contributed by atoms with E-state index in [1.807, 2.05) is 0 Å². The number of nitrogens with two attached hydrogens (primary N) is 2. The summed E-state index contributed by atoms with van der Waals surface area (Å²) in [5.74, 6) is 1.75. The fraction of sp³-hybridized carbons (Fsp3) is 0.571. The van der Waals surface area contributed by atoms with Crippen molar-refractivity contribution >= 4 is 19.4 Å². The van der Waals surface area contributed by atoms with Crippen molar-refractivity contribution in [3.05, 3.63) is 75.1 Å². The SMILES string of the molecule is CC(C)c1cccc(C(C)C)c1C(N)C[N-]CC(N)c1c(C(C)C)cccc1C(C)C.[Cl][Ru][Cl]. The Morgan fingerprint density at radius 3 is 1.06 bits per heavy atom. The van der Waals surface area contributed by atoms with E-state index in [4.69, 9.17) is 36.2 Å². The first-order valence-corrected chi connectivity index (χ1v) is 16.7. The van der Waals surface area contributed by atoms with Crippen LogP contribution in [0.3, 0.4) is 0 Å². The molecule has 0 aliphatic carbocycles. The maximum atomic E-state index is 6.72. The molecule has 3 nitrogen and oxygen atoms in total. The first-order valence-electron chi connectivity index (χ1n) is 12.2. The quantitative estimate of drug-likeness (QED) is 0.271. The molecule has 0 bridgehead atoms. The van der Waals surface area contributed by atoms with Crippen LogP contribution in [-0.2, 0) is 15.1 Å². The van der Waals surface area contributed by atoms with Crippen LogP contribution in [0.1, 0.15) is 125 Å². The fourth-order valence-electron chi connectivity index (χ4n) is 4.61. The molecular weight excluding hydrogens is 550 g/mol. The van der Waals surface area contributed by atoms with Crippen molar-refractivity contribution in [1.29, 1.82) is 0 Å². The summed E-state index contributed by atoms with van der Waals surface area (Å²) in [4.78, 5) is 0. The molecule has 0 aliphatic heterocycles. The number of nitrogens with zero attached hydrogens (tertiary/aromatic N) is 1. The molecule has 0 fully saturated rings. The van der Waals surface area contributed by atoms with Crippen molar-refractivity contribution < 1.29 is 15.1 Å². The summed E-state index contributed by atoms with van der Waals surface area (Å²) in [6.45, 7) is 19.1. The van der Waals surface area contributed by atoms with E-state index in [-0.39, 0.29) is 27.2 Å². The molecule has 0 radical (unpaired) electrons. The molecule has 4 N–H and O–H groups in total. The molecule has 2 aromatic carbocycles. The predicted octanol–water partition coefficient (Wildman–Crippen LogP) is 8.63. The zero-order valence-electron chi connectivity index (χ0n) is 22.1. The van der Waals surface area contributed by atoms with Gasteiger partial charge in [0.05, 0.1) is 0 Å². The van der Waals surface area contributed by atoms with Crippen molar-refractivity contribution in [3.8, 4) is 0 Å². The van der Waals surface area contributed by atoms with Gasteiger partial charge < -0.3 is 16.8 Å². The Hall–Kier alpha value is -0.477. The summed E-state index contributed by atoms with van der Waals surface area (Å²) in [6, 6.07) is 13.0. The van der Waals surface area contributed by atoms with Crippen LogP contribution < -0.4 is 11.5 Å². The van der Waals surface area contributed by atoms with E-state index in [1.54, 1.807) is 0 Å². The zero-order valence-corrected chi connectivity index (χ0v) is 25.3. The Labute approximate surface area is 224 Å². The number of hydrogen-bond donors (Lipinski definition) is 2. The Morgan fingerprint density at radius 2 is 0.853 bits per heavy atom. The second-order valence-electron chi connectivity index (χ2n) is 10.2. The zero-order chi connectivity index (χ0) is 26.0. The summed E-state index contributed by atoms with van der Waals surface area (Å²) in [7, 11) is 9.71. The molecule has 34 heavy (non-hydrogen) atoms. The summed E-state index contributed by atoms with van der Waals surface area (Å²) < 4.78 is 0. The molecule has 0 saturated carbocycles. The van der Waals surface area contributed by atoms with Gasteiger partial charge in [0, 0.05) is 12.1 Å².